The number of benzene rings is 1. The van der Waals surface area contributed by atoms with Crippen LogP contribution in [0.3, 0.4) is 0 Å². The van der Waals surface area contributed by atoms with Gasteiger partial charge in [0.15, 0.2) is 0 Å². The minimum atomic E-state index is -0.416. The number of aliphatic hydroxyl groups excluding tert-OH is 1. The molecule has 21 heavy (non-hydrogen) atoms. The van der Waals surface area contributed by atoms with Gasteiger partial charge in [-0.25, -0.2) is 0 Å². The molecule has 1 aliphatic carbocycles. The van der Waals surface area contributed by atoms with Crippen molar-refractivity contribution in [2.45, 2.75) is 57.6 Å². The summed E-state index contributed by atoms with van der Waals surface area (Å²) in [6.07, 6.45) is 3.32. The SMILES string of the molecule is CC(C)C(C(=O)N[C@@H]1CCCC[C@H]1O)c1ccc(Cl)cc1. The van der Waals surface area contributed by atoms with E-state index in [9.17, 15) is 9.90 Å². The Morgan fingerprint density at radius 2 is 1.86 bits per heavy atom. The molecule has 1 unspecified atom stereocenters. The Bertz CT molecular complexity index is 472. The molecule has 3 nitrogen and oxygen atoms in total. The van der Waals surface area contributed by atoms with E-state index in [2.05, 4.69) is 5.32 Å². The lowest BCUT2D eigenvalue weighted by Gasteiger charge is -2.31. The maximum atomic E-state index is 12.6. The van der Waals surface area contributed by atoms with Crippen LogP contribution in [-0.4, -0.2) is 23.2 Å². The summed E-state index contributed by atoms with van der Waals surface area (Å²) in [6.45, 7) is 4.08. The predicted molar refractivity (Wildman–Crippen MR) is 85.4 cm³/mol. The number of halogens is 1. The molecule has 0 aliphatic heterocycles. The molecule has 1 saturated carbocycles. The lowest BCUT2D eigenvalue weighted by atomic mass is 9.86. The first-order chi connectivity index (χ1) is 9.99. The first-order valence-electron chi connectivity index (χ1n) is 7.73. The smallest absolute Gasteiger partial charge is 0.228 e. The highest BCUT2D eigenvalue weighted by atomic mass is 35.5. The Labute approximate surface area is 131 Å². The third kappa shape index (κ3) is 4.21. The Morgan fingerprint density at radius 3 is 2.43 bits per heavy atom. The number of carbonyl (C=O) groups is 1. The zero-order chi connectivity index (χ0) is 15.4. The van der Waals surface area contributed by atoms with Crippen molar-refractivity contribution in [2.75, 3.05) is 0 Å². The summed E-state index contributed by atoms with van der Waals surface area (Å²) in [5.74, 6) is -0.0263. The van der Waals surface area contributed by atoms with E-state index in [0.717, 1.165) is 31.2 Å². The Kier molecular flexibility index (Phi) is 5.65. The molecule has 0 heterocycles. The summed E-state index contributed by atoms with van der Waals surface area (Å²) in [4.78, 5) is 12.6. The first kappa shape index (κ1) is 16.3. The van der Waals surface area contributed by atoms with Crippen LogP contribution < -0.4 is 5.32 Å². The van der Waals surface area contributed by atoms with E-state index in [1.54, 1.807) is 0 Å². The van der Waals surface area contributed by atoms with E-state index in [4.69, 9.17) is 11.6 Å². The third-order valence-electron chi connectivity index (χ3n) is 4.24. The van der Waals surface area contributed by atoms with Crippen molar-refractivity contribution in [2.24, 2.45) is 5.92 Å². The van der Waals surface area contributed by atoms with Gasteiger partial charge in [-0.1, -0.05) is 50.4 Å². The van der Waals surface area contributed by atoms with Crippen molar-refractivity contribution in [3.8, 4) is 0 Å². The highest BCUT2D eigenvalue weighted by Crippen LogP contribution is 2.27. The molecule has 4 heteroatoms. The van der Waals surface area contributed by atoms with Crippen LogP contribution in [0.2, 0.25) is 5.02 Å². The van der Waals surface area contributed by atoms with Gasteiger partial charge in [0, 0.05) is 5.02 Å². The van der Waals surface area contributed by atoms with E-state index in [1.165, 1.54) is 0 Å². The van der Waals surface area contributed by atoms with Gasteiger partial charge in [-0.15, -0.1) is 0 Å². The van der Waals surface area contributed by atoms with Gasteiger partial charge in [0.2, 0.25) is 5.91 Å². The van der Waals surface area contributed by atoms with Gasteiger partial charge in [-0.3, -0.25) is 4.79 Å². The van der Waals surface area contributed by atoms with Crippen molar-refractivity contribution < 1.29 is 9.90 Å². The van der Waals surface area contributed by atoms with Crippen molar-refractivity contribution in [3.05, 3.63) is 34.9 Å². The van der Waals surface area contributed by atoms with E-state index in [0.29, 0.717) is 5.02 Å². The summed E-state index contributed by atoms with van der Waals surface area (Å²) in [6, 6.07) is 7.33. The van der Waals surface area contributed by atoms with E-state index < -0.39 is 6.10 Å². The fourth-order valence-corrected chi connectivity index (χ4v) is 3.19. The van der Waals surface area contributed by atoms with E-state index in [1.807, 2.05) is 38.1 Å². The van der Waals surface area contributed by atoms with Gasteiger partial charge in [0.05, 0.1) is 18.1 Å². The van der Waals surface area contributed by atoms with Gasteiger partial charge in [-0.2, -0.15) is 0 Å². The van der Waals surface area contributed by atoms with Crippen LogP contribution in [0.1, 0.15) is 51.0 Å². The van der Waals surface area contributed by atoms with Crippen LogP contribution in [0.4, 0.5) is 0 Å². The lowest BCUT2D eigenvalue weighted by molar-refractivity contribution is -0.125. The largest absolute Gasteiger partial charge is 0.391 e. The molecule has 1 amide bonds. The summed E-state index contributed by atoms with van der Waals surface area (Å²) >= 11 is 5.92. The molecule has 1 aliphatic rings. The van der Waals surface area contributed by atoms with Crippen LogP contribution in [0.25, 0.3) is 0 Å². The normalized spacial score (nSPS) is 23.9. The molecule has 0 radical (unpaired) electrons. The Balaban J connectivity index is 2.10. The minimum absolute atomic E-state index is 0.00160. The van der Waals surface area contributed by atoms with Gasteiger partial charge < -0.3 is 10.4 Å². The average molecular weight is 310 g/mol. The molecule has 1 fully saturated rings. The summed E-state index contributed by atoms with van der Waals surface area (Å²) in [7, 11) is 0. The fourth-order valence-electron chi connectivity index (χ4n) is 3.06. The number of amides is 1. The second-order valence-corrected chi connectivity index (χ2v) is 6.68. The summed E-state index contributed by atoms with van der Waals surface area (Å²) in [5.41, 5.74) is 0.970. The van der Waals surface area contributed by atoms with Crippen molar-refractivity contribution in [3.63, 3.8) is 0 Å². The maximum Gasteiger partial charge on any atom is 0.228 e. The molecule has 1 aromatic rings. The zero-order valence-electron chi connectivity index (χ0n) is 12.7. The van der Waals surface area contributed by atoms with Crippen molar-refractivity contribution in [1.82, 2.24) is 5.32 Å². The molecule has 2 N–H and O–H groups in total. The van der Waals surface area contributed by atoms with E-state index >= 15 is 0 Å². The quantitative estimate of drug-likeness (QED) is 0.894. The molecule has 0 spiro atoms. The van der Waals surface area contributed by atoms with Gasteiger partial charge in [-0.05, 0) is 36.5 Å². The number of aliphatic hydroxyl groups is 1. The number of hydrogen-bond donors (Lipinski definition) is 2. The van der Waals surface area contributed by atoms with Crippen molar-refractivity contribution >= 4 is 17.5 Å². The average Bonchev–Trinajstić information content (AvgIpc) is 2.43. The number of nitrogens with one attached hydrogen (secondary N) is 1. The topological polar surface area (TPSA) is 49.3 Å². The molecule has 0 saturated heterocycles. The minimum Gasteiger partial charge on any atom is -0.391 e. The molecule has 116 valence electrons. The Morgan fingerprint density at radius 1 is 1.24 bits per heavy atom. The standard InChI is InChI=1S/C17H24ClNO2/c1-11(2)16(12-7-9-13(18)10-8-12)17(21)19-14-5-3-4-6-15(14)20/h7-11,14-16,20H,3-6H2,1-2H3,(H,19,21)/t14-,15-,16?/m1/s1. The van der Waals surface area contributed by atoms with E-state index in [-0.39, 0.29) is 23.8 Å². The van der Waals surface area contributed by atoms with Crippen LogP contribution in [0.15, 0.2) is 24.3 Å². The predicted octanol–water partition coefficient (Wildman–Crippen LogP) is 3.50. The first-order valence-corrected chi connectivity index (χ1v) is 8.10. The monoisotopic (exact) mass is 309 g/mol. The van der Waals surface area contributed by atoms with Gasteiger partial charge in [0.25, 0.3) is 0 Å². The molecule has 0 bridgehead atoms. The highest BCUT2D eigenvalue weighted by Gasteiger charge is 2.29. The van der Waals surface area contributed by atoms with Crippen LogP contribution in [0, 0.1) is 5.92 Å². The summed E-state index contributed by atoms with van der Waals surface area (Å²) in [5, 5.41) is 13.7. The third-order valence-corrected chi connectivity index (χ3v) is 4.49. The molecular formula is C17H24ClNO2. The number of carbonyl (C=O) groups excluding carboxylic acids is 1. The molecular weight excluding hydrogens is 286 g/mol. The van der Waals surface area contributed by atoms with Gasteiger partial charge >= 0.3 is 0 Å². The molecule has 0 aromatic heterocycles. The van der Waals surface area contributed by atoms with Crippen molar-refractivity contribution in [1.29, 1.82) is 0 Å². The number of rotatable bonds is 4. The Hall–Kier alpha value is -1.06. The van der Waals surface area contributed by atoms with Crippen LogP contribution >= 0.6 is 11.6 Å². The molecule has 3 atom stereocenters. The molecule has 2 rings (SSSR count). The van der Waals surface area contributed by atoms with Crippen LogP contribution in [0.5, 0.6) is 0 Å². The zero-order valence-corrected chi connectivity index (χ0v) is 13.4. The lowest BCUT2D eigenvalue weighted by Crippen LogP contribution is -2.47. The second-order valence-electron chi connectivity index (χ2n) is 6.24. The fraction of sp³-hybridized carbons (Fsp3) is 0.588. The molecule has 1 aromatic carbocycles. The highest BCUT2D eigenvalue weighted by molar-refractivity contribution is 6.30. The van der Waals surface area contributed by atoms with Crippen LogP contribution in [-0.2, 0) is 4.79 Å². The van der Waals surface area contributed by atoms with Gasteiger partial charge in [0.1, 0.15) is 0 Å². The maximum absolute atomic E-state index is 12.6. The summed E-state index contributed by atoms with van der Waals surface area (Å²) < 4.78 is 0. The second kappa shape index (κ2) is 7.28. The number of hydrogen-bond acceptors (Lipinski definition) is 2.